The van der Waals surface area contributed by atoms with Gasteiger partial charge in [0.05, 0.1) is 11.4 Å². The number of unbranched alkanes of at least 4 members (excludes halogenated alkanes) is 1. The van der Waals surface area contributed by atoms with Crippen molar-refractivity contribution >= 4 is 15.7 Å². The van der Waals surface area contributed by atoms with Crippen LogP contribution in [0.5, 0.6) is 0 Å². The highest BCUT2D eigenvalue weighted by Gasteiger charge is 2.26. The van der Waals surface area contributed by atoms with E-state index in [1.807, 2.05) is 24.3 Å². The maximum absolute atomic E-state index is 12.3. The van der Waals surface area contributed by atoms with Gasteiger partial charge in [0.2, 0.25) is 10.0 Å². The number of fused-ring (bicyclic) bond motifs is 1. The van der Waals surface area contributed by atoms with Crippen LogP contribution in [-0.2, 0) is 16.4 Å². The van der Waals surface area contributed by atoms with E-state index >= 15 is 0 Å². The number of anilines is 1. The molecule has 0 fully saturated rings. The molecule has 0 aliphatic carbocycles. The largest absolute Gasteiger partial charge is 0.396 e. The summed E-state index contributed by atoms with van der Waals surface area (Å²) in [6.07, 6.45) is 2.86. The monoisotopic (exact) mass is 269 g/mol. The van der Waals surface area contributed by atoms with E-state index in [4.69, 9.17) is 5.11 Å². The third-order valence-corrected chi connectivity index (χ3v) is 5.07. The van der Waals surface area contributed by atoms with Gasteiger partial charge in [-0.15, -0.1) is 0 Å². The summed E-state index contributed by atoms with van der Waals surface area (Å²) < 4.78 is 26.1. The van der Waals surface area contributed by atoms with E-state index in [-0.39, 0.29) is 12.4 Å². The third kappa shape index (κ3) is 2.84. The van der Waals surface area contributed by atoms with Crippen LogP contribution in [0.25, 0.3) is 0 Å². The van der Waals surface area contributed by atoms with Crippen LogP contribution in [0.3, 0.4) is 0 Å². The van der Waals surface area contributed by atoms with Gasteiger partial charge < -0.3 is 5.11 Å². The fourth-order valence-electron chi connectivity index (χ4n) is 2.29. The zero-order chi connectivity index (χ0) is 13.0. The van der Waals surface area contributed by atoms with Gasteiger partial charge in [-0.25, -0.2) is 8.42 Å². The molecule has 0 atom stereocenters. The maximum atomic E-state index is 12.3. The molecule has 4 nitrogen and oxygen atoms in total. The highest BCUT2D eigenvalue weighted by Crippen LogP contribution is 2.29. The molecule has 0 saturated carbocycles. The minimum Gasteiger partial charge on any atom is -0.396 e. The Kier molecular flexibility index (Phi) is 4.24. The van der Waals surface area contributed by atoms with E-state index < -0.39 is 10.0 Å². The summed E-state index contributed by atoms with van der Waals surface area (Å²) in [7, 11) is -3.25. The van der Waals surface area contributed by atoms with Crippen molar-refractivity contribution in [2.45, 2.75) is 25.7 Å². The lowest BCUT2D eigenvalue weighted by Gasteiger charge is -2.30. The van der Waals surface area contributed by atoms with Crippen molar-refractivity contribution in [3.8, 4) is 0 Å². The first-order valence-corrected chi connectivity index (χ1v) is 7.95. The summed E-state index contributed by atoms with van der Waals surface area (Å²) in [5, 5.41) is 8.72. The van der Waals surface area contributed by atoms with E-state index in [1.165, 1.54) is 4.31 Å². The number of para-hydroxylation sites is 1. The number of aliphatic hydroxyl groups is 1. The van der Waals surface area contributed by atoms with Crippen LogP contribution >= 0.6 is 0 Å². The summed E-state index contributed by atoms with van der Waals surface area (Å²) in [5.74, 6) is 0.113. The molecule has 1 aromatic rings. The van der Waals surface area contributed by atoms with Gasteiger partial charge in [-0.1, -0.05) is 18.2 Å². The van der Waals surface area contributed by atoms with E-state index in [2.05, 4.69) is 0 Å². The minimum atomic E-state index is -3.25. The Labute approximate surface area is 108 Å². The van der Waals surface area contributed by atoms with Crippen molar-refractivity contribution in [2.24, 2.45) is 0 Å². The summed E-state index contributed by atoms with van der Waals surface area (Å²) in [5.41, 5.74) is 1.93. The summed E-state index contributed by atoms with van der Waals surface area (Å²) in [4.78, 5) is 0. The number of sulfonamides is 1. The number of aryl methyl sites for hydroxylation is 1. The molecule has 0 bridgehead atoms. The number of aliphatic hydroxyl groups excluding tert-OH is 1. The lowest BCUT2D eigenvalue weighted by atomic mass is 10.0. The fraction of sp³-hybridized carbons (Fsp3) is 0.538. The number of hydrogen-bond acceptors (Lipinski definition) is 3. The first-order chi connectivity index (χ1) is 8.65. The quantitative estimate of drug-likeness (QED) is 0.825. The van der Waals surface area contributed by atoms with Gasteiger partial charge in [0.15, 0.2) is 0 Å². The van der Waals surface area contributed by atoms with Gasteiger partial charge in [-0.05, 0) is 37.3 Å². The lowest BCUT2D eigenvalue weighted by molar-refractivity contribution is 0.287. The van der Waals surface area contributed by atoms with Gasteiger partial charge in [0, 0.05) is 13.2 Å². The van der Waals surface area contributed by atoms with Crippen LogP contribution in [0.1, 0.15) is 24.8 Å². The van der Waals surface area contributed by atoms with Crippen molar-refractivity contribution in [3.05, 3.63) is 29.8 Å². The molecule has 1 heterocycles. The predicted molar refractivity (Wildman–Crippen MR) is 72.2 cm³/mol. The maximum Gasteiger partial charge on any atom is 0.235 e. The van der Waals surface area contributed by atoms with E-state index in [9.17, 15) is 8.42 Å². The molecule has 0 radical (unpaired) electrons. The average molecular weight is 269 g/mol. The molecule has 100 valence electrons. The molecule has 5 heteroatoms. The minimum absolute atomic E-state index is 0.0477. The second-order valence-electron chi connectivity index (χ2n) is 4.55. The second kappa shape index (κ2) is 5.71. The predicted octanol–water partition coefficient (Wildman–Crippen LogP) is 1.54. The number of benzene rings is 1. The lowest BCUT2D eigenvalue weighted by Crippen LogP contribution is -2.37. The first kappa shape index (κ1) is 13.4. The third-order valence-electron chi connectivity index (χ3n) is 3.21. The molecule has 1 aliphatic rings. The molecule has 1 N–H and O–H groups in total. The second-order valence-corrected chi connectivity index (χ2v) is 6.56. The Morgan fingerprint density at radius 3 is 2.78 bits per heavy atom. The summed E-state index contributed by atoms with van der Waals surface area (Å²) in [6.45, 7) is 0.616. The topological polar surface area (TPSA) is 57.6 Å². The van der Waals surface area contributed by atoms with Crippen LogP contribution in [0.2, 0.25) is 0 Å². The van der Waals surface area contributed by atoms with Gasteiger partial charge >= 0.3 is 0 Å². The van der Waals surface area contributed by atoms with Crippen LogP contribution in [0, 0.1) is 0 Å². The standard InChI is InChI=1S/C13H19NO3S/c15-10-3-4-11-18(16,17)14-9-5-7-12-6-1-2-8-13(12)14/h1-2,6,8,15H,3-5,7,9-11H2. The molecule has 0 saturated heterocycles. The zero-order valence-corrected chi connectivity index (χ0v) is 11.2. The molecule has 0 spiro atoms. The number of rotatable bonds is 5. The van der Waals surface area contributed by atoms with Crippen molar-refractivity contribution in [1.82, 2.24) is 0 Å². The molecule has 1 aliphatic heterocycles. The van der Waals surface area contributed by atoms with Gasteiger partial charge in [-0.3, -0.25) is 4.31 Å². The average Bonchev–Trinajstić information content (AvgIpc) is 2.38. The van der Waals surface area contributed by atoms with Crippen LogP contribution in [-0.4, -0.2) is 32.4 Å². The fourth-order valence-corrected chi connectivity index (χ4v) is 3.97. The SMILES string of the molecule is O=S(=O)(CCCCO)N1CCCc2ccccc21. The zero-order valence-electron chi connectivity index (χ0n) is 10.4. The van der Waals surface area contributed by atoms with E-state index in [0.717, 1.165) is 24.1 Å². The molecular weight excluding hydrogens is 250 g/mol. The van der Waals surface area contributed by atoms with E-state index in [0.29, 0.717) is 19.4 Å². The van der Waals surface area contributed by atoms with Crippen molar-refractivity contribution < 1.29 is 13.5 Å². The highest BCUT2D eigenvalue weighted by atomic mass is 32.2. The molecular formula is C13H19NO3S. The molecule has 1 aromatic carbocycles. The Morgan fingerprint density at radius 1 is 1.22 bits per heavy atom. The smallest absolute Gasteiger partial charge is 0.235 e. The molecule has 0 aromatic heterocycles. The Bertz CT molecular complexity index is 499. The van der Waals surface area contributed by atoms with Gasteiger partial charge in [0.25, 0.3) is 0 Å². The van der Waals surface area contributed by atoms with Crippen LogP contribution < -0.4 is 4.31 Å². The van der Waals surface area contributed by atoms with Crippen molar-refractivity contribution in [3.63, 3.8) is 0 Å². The Hall–Kier alpha value is -1.07. The Morgan fingerprint density at radius 2 is 2.00 bits per heavy atom. The molecule has 18 heavy (non-hydrogen) atoms. The summed E-state index contributed by atoms with van der Waals surface area (Å²) in [6, 6.07) is 7.68. The molecule has 0 amide bonds. The van der Waals surface area contributed by atoms with Crippen LogP contribution in [0.15, 0.2) is 24.3 Å². The molecule has 0 unspecified atom stereocenters. The summed E-state index contributed by atoms with van der Waals surface area (Å²) >= 11 is 0. The normalized spacial score (nSPS) is 15.5. The Balaban J connectivity index is 2.19. The first-order valence-electron chi connectivity index (χ1n) is 6.34. The van der Waals surface area contributed by atoms with Crippen molar-refractivity contribution in [1.29, 1.82) is 0 Å². The van der Waals surface area contributed by atoms with Crippen molar-refractivity contribution in [2.75, 3.05) is 23.2 Å². The van der Waals surface area contributed by atoms with E-state index in [1.54, 1.807) is 0 Å². The highest BCUT2D eigenvalue weighted by molar-refractivity contribution is 7.92. The van der Waals surface area contributed by atoms with Crippen LogP contribution in [0.4, 0.5) is 5.69 Å². The van der Waals surface area contributed by atoms with Gasteiger partial charge in [0.1, 0.15) is 0 Å². The number of nitrogens with zero attached hydrogens (tertiary/aromatic N) is 1. The van der Waals surface area contributed by atoms with Gasteiger partial charge in [-0.2, -0.15) is 0 Å². The molecule has 2 rings (SSSR count). The number of hydrogen-bond donors (Lipinski definition) is 1.